The summed E-state index contributed by atoms with van der Waals surface area (Å²) in [4.78, 5) is 37.6. The number of H-pyrrole nitrogens is 1. The second-order valence-electron chi connectivity index (χ2n) is 5.61. The summed E-state index contributed by atoms with van der Waals surface area (Å²) in [6, 6.07) is 4.20. The summed E-state index contributed by atoms with van der Waals surface area (Å²) in [5.74, 6) is -0.196. The lowest BCUT2D eigenvalue weighted by atomic mass is 10.1. The zero-order chi connectivity index (χ0) is 18.1. The van der Waals surface area contributed by atoms with Gasteiger partial charge >= 0.3 is 0 Å². The number of aryl methyl sites for hydroxylation is 2. The molecule has 1 aliphatic heterocycles. The third kappa shape index (κ3) is 3.16. The molecule has 1 aromatic heterocycles. The summed E-state index contributed by atoms with van der Waals surface area (Å²) < 4.78 is 10.3. The minimum absolute atomic E-state index is 0.0497. The minimum atomic E-state index is -0.677. The molecular weight excluding hydrogens is 330 g/mol. The molecule has 0 atom stereocenters. The Morgan fingerprint density at radius 3 is 2.60 bits per heavy atom. The van der Waals surface area contributed by atoms with Crippen LogP contribution in [0, 0.1) is 24.0 Å². The fourth-order valence-electron chi connectivity index (χ4n) is 2.63. The fraction of sp³-hybridized carbons (Fsp3) is 0.250. The topological polar surface area (TPSA) is 124 Å². The lowest BCUT2D eigenvalue weighted by molar-refractivity contribution is -0.385. The summed E-state index contributed by atoms with van der Waals surface area (Å²) in [5, 5.41) is 13.8. The number of amides is 1. The van der Waals surface area contributed by atoms with E-state index in [1.54, 1.807) is 19.9 Å². The number of nitro benzene ring substituents is 1. The third-order valence-electron chi connectivity index (χ3n) is 3.85. The Morgan fingerprint density at radius 1 is 1.28 bits per heavy atom. The van der Waals surface area contributed by atoms with E-state index in [-0.39, 0.29) is 36.0 Å². The zero-order valence-corrected chi connectivity index (χ0v) is 13.5. The first-order chi connectivity index (χ1) is 11.9. The smallest absolute Gasteiger partial charge is 0.286 e. The normalized spacial score (nSPS) is 12.1. The van der Waals surface area contributed by atoms with Crippen molar-refractivity contribution in [2.45, 2.75) is 20.4 Å². The molecule has 1 aliphatic rings. The highest BCUT2D eigenvalue weighted by Gasteiger charge is 2.27. The van der Waals surface area contributed by atoms with E-state index in [0.717, 1.165) is 11.6 Å². The number of fused-ring (bicyclic) bond motifs is 1. The van der Waals surface area contributed by atoms with E-state index in [0.29, 0.717) is 11.3 Å². The van der Waals surface area contributed by atoms with Crippen LogP contribution in [0.25, 0.3) is 0 Å². The van der Waals surface area contributed by atoms with Gasteiger partial charge < -0.3 is 19.8 Å². The first-order valence-corrected chi connectivity index (χ1v) is 7.42. The van der Waals surface area contributed by atoms with Crippen LogP contribution in [-0.4, -0.2) is 22.6 Å². The monoisotopic (exact) mass is 345 g/mol. The molecule has 1 amide bonds. The number of aromatic nitrogens is 1. The predicted octanol–water partition coefficient (Wildman–Crippen LogP) is 1.56. The van der Waals surface area contributed by atoms with Crippen molar-refractivity contribution in [1.82, 2.24) is 10.3 Å². The number of rotatable bonds is 4. The van der Waals surface area contributed by atoms with Crippen molar-refractivity contribution in [3.63, 3.8) is 0 Å². The third-order valence-corrected chi connectivity index (χ3v) is 3.85. The number of carbonyl (C=O) groups excluding carboxylic acids is 1. The number of nitrogens with zero attached hydrogens (tertiary/aromatic N) is 1. The SMILES string of the molecule is Cc1cc(C)c(CNC(=O)c2cc3c(cc2[N+](=O)[O-])OCO3)c(=O)[nH]1. The molecule has 0 fully saturated rings. The molecule has 0 saturated heterocycles. The second kappa shape index (κ2) is 6.27. The number of hydrogen-bond donors (Lipinski definition) is 2. The molecule has 9 heteroatoms. The molecular formula is C16H15N3O6. The van der Waals surface area contributed by atoms with Crippen LogP contribution in [0.5, 0.6) is 11.5 Å². The maximum absolute atomic E-state index is 12.4. The quantitative estimate of drug-likeness (QED) is 0.640. The van der Waals surface area contributed by atoms with Gasteiger partial charge in [0, 0.05) is 23.9 Å². The number of carbonyl (C=O) groups is 1. The first kappa shape index (κ1) is 16.5. The average molecular weight is 345 g/mol. The molecule has 0 saturated carbocycles. The van der Waals surface area contributed by atoms with Gasteiger partial charge in [0.15, 0.2) is 11.5 Å². The van der Waals surface area contributed by atoms with Gasteiger partial charge in [-0.15, -0.1) is 0 Å². The highest BCUT2D eigenvalue weighted by Crippen LogP contribution is 2.37. The molecule has 9 nitrogen and oxygen atoms in total. The highest BCUT2D eigenvalue weighted by atomic mass is 16.7. The number of aromatic amines is 1. The van der Waals surface area contributed by atoms with Crippen molar-refractivity contribution in [3.05, 3.63) is 61.1 Å². The summed E-state index contributed by atoms with van der Waals surface area (Å²) >= 11 is 0. The Balaban J connectivity index is 1.87. The van der Waals surface area contributed by atoms with Gasteiger partial charge in [-0.25, -0.2) is 0 Å². The Hall–Kier alpha value is -3.36. The standard InChI is InChI=1S/C16H15N3O6/c1-8-3-9(2)18-16(21)11(8)6-17-15(20)10-4-13-14(25-7-24-13)5-12(10)19(22)23/h3-5H,6-7H2,1-2H3,(H,17,20)(H,18,21). The van der Waals surface area contributed by atoms with Crippen LogP contribution < -0.4 is 20.3 Å². The van der Waals surface area contributed by atoms with Gasteiger partial charge in [-0.3, -0.25) is 19.7 Å². The van der Waals surface area contributed by atoms with E-state index < -0.39 is 16.5 Å². The summed E-state index contributed by atoms with van der Waals surface area (Å²) in [5.41, 5.74) is 0.970. The van der Waals surface area contributed by atoms with E-state index in [1.165, 1.54) is 6.07 Å². The van der Waals surface area contributed by atoms with Gasteiger partial charge in [0.25, 0.3) is 17.2 Å². The van der Waals surface area contributed by atoms with Gasteiger partial charge in [0.1, 0.15) is 5.56 Å². The van der Waals surface area contributed by atoms with Crippen molar-refractivity contribution in [2.75, 3.05) is 6.79 Å². The molecule has 0 unspecified atom stereocenters. The number of nitro groups is 1. The molecule has 2 N–H and O–H groups in total. The molecule has 2 heterocycles. The van der Waals surface area contributed by atoms with Crippen LogP contribution in [0.2, 0.25) is 0 Å². The predicted molar refractivity (Wildman–Crippen MR) is 86.9 cm³/mol. The largest absolute Gasteiger partial charge is 0.454 e. The first-order valence-electron chi connectivity index (χ1n) is 7.42. The molecule has 0 aliphatic carbocycles. The Kier molecular flexibility index (Phi) is 4.14. The van der Waals surface area contributed by atoms with Crippen molar-refractivity contribution >= 4 is 11.6 Å². The van der Waals surface area contributed by atoms with Gasteiger partial charge in [-0.1, -0.05) is 0 Å². The highest BCUT2D eigenvalue weighted by molar-refractivity contribution is 5.99. The Labute approximate surface area is 141 Å². The molecule has 3 rings (SSSR count). The van der Waals surface area contributed by atoms with E-state index >= 15 is 0 Å². The van der Waals surface area contributed by atoms with E-state index in [4.69, 9.17) is 9.47 Å². The summed E-state index contributed by atoms with van der Waals surface area (Å²) in [7, 11) is 0. The Morgan fingerprint density at radius 2 is 1.96 bits per heavy atom. The fourth-order valence-corrected chi connectivity index (χ4v) is 2.63. The van der Waals surface area contributed by atoms with Crippen molar-refractivity contribution < 1.29 is 19.2 Å². The van der Waals surface area contributed by atoms with Gasteiger partial charge in [-0.2, -0.15) is 0 Å². The minimum Gasteiger partial charge on any atom is -0.454 e. The molecule has 2 aromatic rings. The van der Waals surface area contributed by atoms with Crippen LogP contribution in [0.15, 0.2) is 23.0 Å². The van der Waals surface area contributed by atoms with Crippen LogP contribution in [-0.2, 0) is 6.54 Å². The molecule has 25 heavy (non-hydrogen) atoms. The number of ether oxygens (including phenoxy) is 2. The van der Waals surface area contributed by atoms with Crippen LogP contribution in [0.1, 0.15) is 27.2 Å². The maximum atomic E-state index is 12.4. The maximum Gasteiger partial charge on any atom is 0.286 e. The van der Waals surface area contributed by atoms with Crippen LogP contribution in [0.3, 0.4) is 0 Å². The van der Waals surface area contributed by atoms with E-state index in [1.807, 2.05) is 0 Å². The lowest BCUT2D eigenvalue weighted by Gasteiger charge is -2.09. The summed E-state index contributed by atoms with van der Waals surface area (Å²) in [6.45, 7) is 3.40. The number of hydrogen-bond acceptors (Lipinski definition) is 6. The lowest BCUT2D eigenvalue weighted by Crippen LogP contribution is -2.28. The molecule has 130 valence electrons. The van der Waals surface area contributed by atoms with Crippen molar-refractivity contribution in [3.8, 4) is 11.5 Å². The average Bonchev–Trinajstić information content (AvgIpc) is 2.99. The summed E-state index contributed by atoms with van der Waals surface area (Å²) in [6.07, 6.45) is 0. The van der Waals surface area contributed by atoms with Gasteiger partial charge in [-0.05, 0) is 25.5 Å². The molecule has 0 spiro atoms. The Bertz CT molecular complexity index is 934. The van der Waals surface area contributed by atoms with E-state index in [2.05, 4.69) is 10.3 Å². The van der Waals surface area contributed by atoms with Crippen molar-refractivity contribution in [2.24, 2.45) is 0 Å². The number of pyridine rings is 1. The van der Waals surface area contributed by atoms with Crippen LogP contribution >= 0.6 is 0 Å². The number of benzene rings is 1. The zero-order valence-electron chi connectivity index (χ0n) is 13.5. The molecule has 0 radical (unpaired) electrons. The second-order valence-corrected chi connectivity index (χ2v) is 5.61. The van der Waals surface area contributed by atoms with Crippen LogP contribution in [0.4, 0.5) is 5.69 Å². The van der Waals surface area contributed by atoms with E-state index in [9.17, 15) is 19.7 Å². The van der Waals surface area contributed by atoms with Gasteiger partial charge in [0.2, 0.25) is 6.79 Å². The molecule has 0 bridgehead atoms. The molecule has 1 aromatic carbocycles. The van der Waals surface area contributed by atoms with Gasteiger partial charge in [0.05, 0.1) is 11.0 Å². The van der Waals surface area contributed by atoms with Crippen molar-refractivity contribution in [1.29, 1.82) is 0 Å². The number of nitrogens with one attached hydrogen (secondary N) is 2.